The van der Waals surface area contributed by atoms with Crippen LogP contribution in [-0.4, -0.2) is 33.8 Å². The fourth-order valence-electron chi connectivity index (χ4n) is 2.79. The molecule has 0 amide bonds. The molecule has 0 aromatic heterocycles. The highest BCUT2D eigenvalue weighted by Crippen LogP contribution is 2.25. The van der Waals surface area contributed by atoms with Crippen molar-refractivity contribution >= 4 is 50.7 Å². The molecule has 9 heteroatoms. The summed E-state index contributed by atoms with van der Waals surface area (Å²) in [7, 11) is -2.67. The molecule has 3 aromatic rings. The van der Waals surface area contributed by atoms with Crippen molar-refractivity contribution in [3.63, 3.8) is 0 Å². The van der Waals surface area contributed by atoms with Crippen LogP contribution < -0.4 is 4.31 Å². The van der Waals surface area contributed by atoms with Crippen molar-refractivity contribution in [1.29, 1.82) is 0 Å². The van der Waals surface area contributed by atoms with Crippen molar-refractivity contribution in [2.24, 2.45) is 0 Å². The summed E-state index contributed by atoms with van der Waals surface area (Å²) in [6, 6.07) is 18.4. The van der Waals surface area contributed by atoms with Crippen molar-refractivity contribution in [2.75, 3.05) is 18.0 Å². The number of ketones is 1. The molecule has 0 atom stereocenters. The first-order valence-corrected chi connectivity index (χ1v) is 11.2. The molecule has 0 bridgehead atoms. The van der Waals surface area contributed by atoms with Gasteiger partial charge in [-0.25, -0.2) is 13.2 Å². The summed E-state index contributed by atoms with van der Waals surface area (Å²) in [4.78, 5) is 24.8. The van der Waals surface area contributed by atoms with Crippen molar-refractivity contribution < 1.29 is 22.7 Å². The summed E-state index contributed by atoms with van der Waals surface area (Å²) in [5.74, 6) is -1.49. The molecule has 0 heterocycles. The van der Waals surface area contributed by atoms with Crippen LogP contribution >= 0.6 is 23.2 Å². The second-order valence-corrected chi connectivity index (χ2v) is 9.21. The third-order valence-electron chi connectivity index (χ3n) is 4.43. The number of carbonyl (C=O) groups excluding carboxylic acids is 2. The van der Waals surface area contributed by atoms with E-state index in [9.17, 15) is 18.0 Å². The molecule has 160 valence electrons. The van der Waals surface area contributed by atoms with Crippen molar-refractivity contribution in [3.05, 3.63) is 94.0 Å². The van der Waals surface area contributed by atoms with Gasteiger partial charge >= 0.3 is 5.97 Å². The minimum absolute atomic E-state index is 0.126. The lowest BCUT2D eigenvalue weighted by Gasteiger charge is -2.20. The van der Waals surface area contributed by atoms with Gasteiger partial charge in [-0.15, -0.1) is 0 Å². The fraction of sp³-hybridized carbons (Fsp3) is 0.0909. The van der Waals surface area contributed by atoms with Gasteiger partial charge < -0.3 is 4.74 Å². The van der Waals surface area contributed by atoms with E-state index in [1.54, 1.807) is 30.3 Å². The van der Waals surface area contributed by atoms with Crippen molar-refractivity contribution in [3.8, 4) is 0 Å². The van der Waals surface area contributed by atoms with Crippen LogP contribution in [-0.2, 0) is 14.8 Å². The number of sulfonamides is 1. The summed E-state index contributed by atoms with van der Waals surface area (Å²) >= 11 is 11.8. The van der Waals surface area contributed by atoms with E-state index < -0.39 is 28.4 Å². The fourth-order valence-corrected chi connectivity index (χ4v) is 4.67. The van der Waals surface area contributed by atoms with Gasteiger partial charge in [-0.1, -0.05) is 53.5 Å². The number of ether oxygens (including phenoxy) is 1. The van der Waals surface area contributed by atoms with Gasteiger partial charge in [0.1, 0.15) is 4.90 Å². The number of nitrogens with zero attached hydrogens (tertiary/aromatic N) is 1. The van der Waals surface area contributed by atoms with Gasteiger partial charge in [0.15, 0.2) is 6.61 Å². The van der Waals surface area contributed by atoms with Crippen LogP contribution in [0.5, 0.6) is 0 Å². The van der Waals surface area contributed by atoms with Crippen LogP contribution in [0.3, 0.4) is 0 Å². The second kappa shape index (κ2) is 9.51. The van der Waals surface area contributed by atoms with Gasteiger partial charge in [0, 0.05) is 17.6 Å². The average molecular weight is 478 g/mol. The first-order chi connectivity index (χ1) is 14.7. The molecule has 0 aliphatic heterocycles. The monoisotopic (exact) mass is 477 g/mol. The zero-order chi connectivity index (χ0) is 22.6. The maximum absolute atomic E-state index is 13.1. The Hall–Kier alpha value is -2.87. The molecular formula is C22H17Cl2NO5S. The topological polar surface area (TPSA) is 80.8 Å². The summed E-state index contributed by atoms with van der Waals surface area (Å²) in [6.45, 7) is -0.608. The number of para-hydroxylation sites is 1. The van der Waals surface area contributed by atoms with E-state index in [4.69, 9.17) is 27.9 Å². The quantitative estimate of drug-likeness (QED) is 0.358. The summed E-state index contributed by atoms with van der Waals surface area (Å²) < 4.78 is 32.4. The summed E-state index contributed by atoms with van der Waals surface area (Å²) in [5, 5.41) is 0.487. The number of carbonyl (C=O) groups is 2. The van der Waals surface area contributed by atoms with Crippen LogP contribution in [0, 0.1) is 0 Å². The zero-order valence-electron chi connectivity index (χ0n) is 16.3. The van der Waals surface area contributed by atoms with E-state index in [1.807, 2.05) is 0 Å². The lowest BCUT2D eigenvalue weighted by Crippen LogP contribution is -2.28. The van der Waals surface area contributed by atoms with Gasteiger partial charge in [-0.05, 0) is 42.5 Å². The number of hydrogen-bond donors (Lipinski definition) is 0. The Kier molecular flexibility index (Phi) is 7.00. The molecule has 0 unspecified atom stereocenters. The van der Waals surface area contributed by atoms with Crippen LogP contribution in [0.1, 0.15) is 20.7 Å². The minimum Gasteiger partial charge on any atom is -0.454 e. The molecular weight excluding hydrogens is 461 g/mol. The Labute approximate surface area is 190 Å². The highest BCUT2D eigenvalue weighted by Gasteiger charge is 2.28. The van der Waals surface area contributed by atoms with Crippen LogP contribution in [0.15, 0.2) is 77.7 Å². The Morgan fingerprint density at radius 1 is 0.903 bits per heavy atom. The predicted octanol–water partition coefficient (Wildman–Crippen LogP) is 4.86. The number of halogens is 2. The Morgan fingerprint density at radius 3 is 2.23 bits per heavy atom. The molecule has 6 nitrogen and oxygen atoms in total. The Bertz CT molecular complexity index is 1230. The van der Waals surface area contributed by atoms with Crippen molar-refractivity contribution in [1.82, 2.24) is 0 Å². The lowest BCUT2D eigenvalue weighted by molar-refractivity contribution is 0.0471. The normalized spacial score (nSPS) is 11.1. The number of Topliss-reactive ketones (excluding diaryl/α,β-unsaturated/α-hetero) is 1. The van der Waals surface area contributed by atoms with Gasteiger partial charge in [0.2, 0.25) is 5.78 Å². The molecule has 0 aliphatic carbocycles. The second-order valence-electron chi connectivity index (χ2n) is 6.43. The van der Waals surface area contributed by atoms with Gasteiger partial charge in [0.05, 0.1) is 16.3 Å². The van der Waals surface area contributed by atoms with Crippen molar-refractivity contribution in [2.45, 2.75) is 4.90 Å². The van der Waals surface area contributed by atoms with E-state index in [-0.39, 0.29) is 21.0 Å². The van der Waals surface area contributed by atoms with Crippen LogP contribution in [0.4, 0.5) is 5.69 Å². The number of benzene rings is 3. The molecule has 0 radical (unpaired) electrons. The van der Waals surface area contributed by atoms with E-state index in [1.165, 1.54) is 49.5 Å². The first-order valence-electron chi connectivity index (χ1n) is 9.00. The van der Waals surface area contributed by atoms with Gasteiger partial charge in [-0.2, -0.15) is 0 Å². The molecule has 0 saturated carbocycles. The molecule has 0 aliphatic rings. The van der Waals surface area contributed by atoms with E-state index in [2.05, 4.69) is 0 Å². The standard InChI is InChI=1S/C22H17Cl2NO5S/c1-25(16-7-3-2-4-8-16)31(28,29)21-10-6-5-9-18(21)22(27)30-14-20(26)17-12-11-15(23)13-19(17)24/h2-13H,14H2,1H3. The maximum Gasteiger partial charge on any atom is 0.339 e. The largest absolute Gasteiger partial charge is 0.454 e. The molecule has 31 heavy (non-hydrogen) atoms. The smallest absolute Gasteiger partial charge is 0.339 e. The minimum atomic E-state index is -4.06. The molecule has 0 spiro atoms. The number of rotatable bonds is 7. The van der Waals surface area contributed by atoms with Crippen LogP contribution in [0.2, 0.25) is 10.0 Å². The first kappa shape index (κ1) is 22.8. The number of esters is 1. The Balaban J connectivity index is 1.82. The lowest BCUT2D eigenvalue weighted by atomic mass is 10.1. The average Bonchev–Trinajstić information content (AvgIpc) is 2.77. The van der Waals surface area contributed by atoms with Crippen LogP contribution in [0.25, 0.3) is 0 Å². The van der Waals surface area contributed by atoms with E-state index in [0.29, 0.717) is 10.7 Å². The highest BCUT2D eigenvalue weighted by molar-refractivity contribution is 7.92. The molecule has 0 saturated heterocycles. The SMILES string of the molecule is CN(c1ccccc1)S(=O)(=O)c1ccccc1C(=O)OCC(=O)c1ccc(Cl)cc1Cl. The van der Waals surface area contributed by atoms with Gasteiger partial charge in [0.25, 0.3) is 10.0 Å². The molecule has 3 rings (SSSR count). The summed E-state index contributed by atoms with van der Waals surface area (Å²) in [5.41, 5.74) is 0.391. The molecule has 3 aromatic carbocycles. The Morgan fingerprint density at radius 2 is 1.55 bits per heavy atom. The highest BCUT2D eigenvalue weighted by atomic mass is 35.5. The zero-order valence-corrected chi connectivity index (χ0v) is 18.6. The number of hydrogen-bond acceptors (Lipinski definition) is 5. The third-order valence-corrected chi connectivity index (χ3v) is 6.82. The predicted molar refractivity (Wildman–Crippen MR) is 120 cm³/mol. The van der Waals surface area contributed by atoms with Gasteiger partial charge in [-0.3, -0.25) is 9.10 Å². The number of anilines is 1. The third kappa shape index (κ3) is 5.07. The van der Waals surface area contributed by atoms with E-state index in [0.717, 1.165) is 4.31 Å². The summed E-state index contributed by atoms with van der Waals surface area (Å²) in [6.07, 6.45) is 0. The molecule has 0 N–H and O–H groups in total. The maximum atomic E-state index is 13.1. The molecule has 0 fully saturated rings. The van der Waals surface area contributed by atoms with E-state index >= 15 is 0 Å².